The van der Waals surface area contributed by atoms with E-state index in [-0.39, 0.29) is 5.92 Å². The van der Waals surface area contributed by atoms with E-state index < -0.39 is 0 Å². The molecule has 1 rings (SSSR count). The van der Waals surface area contributed by atoms with E-state index >= 15 is 0 Å². The predicted molar refractivity (Wildman–Crippen MR) is 84.6 cm³/mol. The van der Waals surface area contributed by atoms with E-state index in [0.717, 1.165) is 30.3 Å². The molecule has 7 nitrogen and oxygen atoms in total. The van der Waals surface area contributed by atoms with E-state index in [1.807, 2.05) is 6.92 Å². The van der Waals surface area contributed by atoms with Crippen molar-refractivity contribution in [2.75, 3.05) is 50.8 Å². The van der Waals surface area contributed by atoms with Crippen LogP contribution in [-0.2, 0) is 9.47 Å². The summed E-state index contributed by atoms with van der Waals surface area (Å²) in [5, 5.41) is 0. The topological polar surface area (TPSA) is 85.5 Å². The largest absolute Gasteiger partial charge is 0.383 e. The van der Waals surface area contributed by atoms with Crippen LogP contribution in [0.15, 0.2) is 0 Å². The standard InChI is InChI=1S/C14H27N5O2/c1-10(2)12-16-13(18-15)11(3)14(17-12)19(6-8-20-4)7-9-21-5/h10H,6-9,15H2,1-5H3,(H,16,17,18). The first-order valence-corrected chi connectivity index (χ1v) is 7.13. The molecule has 0 fully saturated rings. The number of methoxy groups -OCH3 is 2. The molecule has 0 saturated carbocycles. The molecule has 120 valence electrons. The van der Waals surface area contributed by atoms with Crippen LogP contribution in [0.1, 0.15) is 31.2 Å². The van der Waals surface area contributed by atoms with Crippen LogP contribution < -0.4 is 16.2 Å². The molecule has 0 amide bonds. The zero-order chi connectivity index (χ0) is 15.8. The first-order valence-electron chi connectivity index (χ1n) is 7.13. The first kappa shape index (κ1) is 17.6. The molecule has 3 N–H and O–H groups in total. The lowest BCUT2D eigenvalue weighted by atomic mass is 10.2. The Kier molecular flexibility index (Phi) is 7.35. The number of aromatic nitrogens is 2. The summed E-state index contributed by atoms with van der Waals surface area (Å²) < 4.78 is 10.4. The monoisotopic (exact) mass is 297 g/mol. The molecule has 0 aliphatic rings. The van der Waals surface area contributed by atoms with Gasteiger partial charge in [0.05, 0.1) is 13.2 Å². The molecule has 7 heteroatoms. The highest BCUT2D eigenvalue weighted by Crippen LogP contribution is 2.25. The molecule has 0 unspecified atom stereocenters. The Morgan fingerprint density at radius 1 is 1.14 bits per heavy atom. The number of hydrazine groups is 1. The van der Waals surface area contributed by atoms with Gasteiger partial charge in [0.15, 0.2) is 0 Å². The summed E-state index contributed by atoms with van der Waals surface area (Å²) in [5.41, 5.74) is 3.58. The van der Waals surface area contributed by atoms with Crippen LogP contribution in [0.25, 0.3) is 0 Å². The van der Waals surface area contributed by atoms with Crippen LogP contribution >= 0.6 is 0 Å². The molecule has 0 aliphatic heterocycles. The molecule has 0 atom stereocenters. The van der Waals surface area contributed by atoms with Crippen molar-refractivity contribution in [1.29, 1.82) is 0 Å². The van der Waals surface area contributed by atoms with Gasteiger partial charge in [0.25, 0.3) is 0 Å². The number of nitrogen functional groups attached to an aromatic ring is 1. The Morgan fingerprint density at radius 2 is 1.71 bits per heavy atom. The van der Waals surface area contributed by atoms with Gasteiger partial charge < -0.3 is 19.8 Å². The Labute approximate surface area is 126 Å². The normalized spacial score (nSPS) is 11.0. The zero-order valence-electron chi connectivity index (χ0n) is 13.6. The molecule has 1 aromatic heterocycles. The fourth-order valence-electron chi connectivity index (χ4n) is 1.95. The molecule has 1 aromatic rings. The third-order valence-electron chi connectivity index (χ3n) is 3.22. The molecule has 0 aromatic carbocycles. The van der Waals surface area contributed by atoms with E-state index in [2.05, 4.69) is 29.2 Å². The quantitative estimate of drug-likeness (QED) is 0.525. The maximum absolute atomic E-state index is 5.58. The van der Waals surface area contributed by atoms with Crippen molar-refractivity contribution in [3.05, 3.63) is 11.4 Å². The van der Waals surface area contributed by atoms with Crippen LogP contribution in [0, 0.1) is 6.92 Å². The number of nitrogens with one attached hydrogen (secondary N) is 1. The second kappa shape index (κ2) is 8.76. The van der Waals surface area contributed by atoms with Crippen molar-refractivity contribution in [3.63, 3.8) is 0 Å². The summed E-state index contributed by atoms with van der Waals surface area (Å²) in [6.45, 7) is 8.79. The van der Waals surface area contributed by atoms with Crippen LogP contribution in [0.5, 0.6) is 0 Å². The number of ether oxygens (including phenoxy) is 2. The maximum atomic E-state index is 5.58. The van der Waals surface area contributed by atoms with Crippen molar-refractivity contribution in [1.82, 2.24) is 9.97 Å². The SMILES string of the molecule is COCCN(CCOC)c1nc(C(C)C)nc(NN)c1C. The van der Waals surface area contributed by atoms with Crippen molar-refractivity contribution >= 4 is 11.6 Å². The number of nitrogens with zero attached hydrogens (tertiary/aromatic N) is 3. The third kappa shape index (κ3) is 4.80. The predicted octanol–water partition coefficient (Wildman–Crippen LogP) is 1.29. The first-order chi connectivity index (χ1) is 10.0. The zero-order valence-corrected chi connectivity index (χ0v) is 13.6. The number of hydrogen-bond acceptors (Lipinski definition) is 7. The van der Waals surface area contributed by atoms with Gasteiger partial charge in [-0.3, -0.25) is 0 Å². The molecular formula is C14H27N5O2. The average Bonchev–Trinajstić information content (AvgIpc) is 2.48. The summed E-state index contributed by atoms with van der Waals surface area (Å²) in [7, 11) is 3.38. The van der Waals surface area contributed by atoms with E-state index in [0.29, 0.717) is 19.0 Å². The second-order valence-electron chi connectivity index (χ2n) is 5.15. The van der Waals surface area contributed by atoms with Crippen LogP contribution in [-0.4, -0.2) is 50.5 Å². The Hall–Kier alpha value is -1.44. The van der Waals surface area contributed by atoms with Crippen molar-refractivity contribution in [3.8, 4) is 0 Å². The summed E-state index contributed by atoms with van der Waals surface area (Å²) in [4.78, 5) is 11.3. The molecule has 21 heavy (non-hydrogen) atoms. The van der Waals surface area contributed by atoms with Gasteiger partial charge in [0.1, 0.15) is 17.5 Å². The molecule has 0 saturated heterocycles. The maximum Gasteiger partial charge on any atom is 0.148 e. The molecule has 0 aliphatic carbocycles. The summed E-state index contributed by atoms with van der Waals surface area (Å²) in [5.74, 6) is 8.10. The van der Waals surface area contributed by atoms with E-state index in [1.54, 1.807) is 14.2 Å². The van der Waals surface area contributed by atoms with Gasteiger partial charge in [-0.25, -0.2) is 15.8 Å². The lowest BCUT2D eigenvalue weighted by Gasteiger charge is -2.26. The Bertz CT molecular complexity index is 432. The Balaban J connectivity index is 3.16. The number of nitrogens with two attached hydrogens (primary N) is 1. The number of hydrogen-bond donors (Lipinski definition) is 2. The lowest BCUT2D eigenvalue weighted by Crippen LogP contribution is -2.33. The van der Waals surface area contributed by atoms with Gasteiger partial charge >= 0.3 is 0 Å². The molecule has 0 spiro atoms. The lowest BCUT2D eigenvalue weighted by molar-refractivity contribution is 0.190. The molecule has 0 radical (unpaired) electrons. The second-order valence-corrected chi connectivity index (χ2v) is 5.15. The highest BCUT2D eigenvalue weighted by Gasteiger charge is 2.17. The van der Waals surface area contributed by atoms with Gasteiger partial charge in [-0.1, -0.05) is 13.8 Å². The van der Waals surface area contributed by atoms with E-state index in [9.17, 15) is 0 Å². The minimum absolute atomic E-state index is 0.225. The fraction of sp³-hybridized carbons (Fsp3) is 0.714. The average molecular weight is 297 g/mol. The number of rotatable bonds is 9. The van der Waals surface area contributed by atoms with Crippen LogP contribution in [0.2, 0.25) is 0 Å². The molecule has 0 bridgehead atoms. The number of anilines is 2. The van der Waals surface area contributed by atoms with Gasteiger partial charge in [-0.2, -0.15) is 0 Å². The van der Waals surface area contributed by atoms with Crippen molar-refractivity contribution in [2.45, 2.75) is 26.7 Å². The smallest absolute Gasteiger partial charge is 0.148 e. The third-order valence-corrected chi connectivity index (χ3v) is 3.22. The highest BCUT2D eigenvalue weighted by atomic mass is 16.5. The molecule has 1 heterocycles. The fourth-order valence-corrected chi connectivity index (χ4v) is 1.95. The summed E-state index contributed by atoms with van der Waals surface area (Å²) in [6.07, 6.45) is 0. The summed E-state index contributed by atoms with van der Waals surface area (Å²) in [6, 6.07) is 0. The van der Waals surface area contributed by atoms with Gasteiger partial charge in [0.2, 0.25) is 0 Å². The van der Waals surface area contributed by atoms with Crippen molar-refractivity contribution in [2.24, 2.45) is 5.84 Å². The summed E-state index contributed by atoms with van der Waals surface area (Å²) >= 11 is 0. The molecular weight excluding hydrogens is 270 g/mol. The van der Waals surface area contributed by atoms with Crippen molar-refractivity contribution < 1.29 is 9.47 Å². The highest BCUT2D eigenvalue weighted by molar-refractivity contribution is 5.58. The van der Waals surface area contributed by atoms with Crippen LogP contribution in [0.3, 0.4) is 0 Å². The Morgan fingerprint density at radius 3 is 2.14 bits per heavy atom. The van der Waals surface area contributed by atoms with Gasteiger partial charge in [-0.15, -0.1) is 0 Å². The van der Waals surface area contributed by atoms with E-state index in [1.165, 1.54) is 0 Å². The minimum atomic E-state index is 0.225. The van der Waals surface area contributed by atoms with Gasteiger partial charge in [0, 0.05) is 38.8 Å². The van der Waals surface area contributed by atoms with E-state index in [4.69, 9.17) is 20.3 Å². The van der Waals surface area contributed by atoms with Gasteiger partial charge in [-0.05, 0) is 6.92 Å². The minimum Gasteiger partial charge on any atom is -0.383 e. The van der Waals surface area contributed by atoms with Crippen LogP contribution in [0.4, 0.5) is 11.6 Å².